The Morgan fingerprint density at radius 1 is 1.10 bits per heavy atom. The SMILES string of the molecule is CC(C)S(F)(F)C(C)(C)C. The third-order valence-electron chi connectivity index (χ3n) is 1.41. The molecule has 10 heavy (non-hydrogen) atoms. The lowest BCUT2D eigenvalue weighted by molar-refractivity contribution is 0.620. The van der Waals surface area contributed by atoms with Crippen LogP contribution in [0.2, 0.25) is 0 Å². The summed E-state index contributed by atoms with van der Waals surface area (Å²) in [5, 5.41) is -0.493. The first-order valence-electron chi connectivity index (χ1n) is 3.40. The second-order valence-electron chi connectivity index (χ2n) is 3.67. The lowest BCUT2D eigenvalue weighted by Crippen LogP contribution is -2.24. The van der Waals surface area contributed by atoms with Gasteiger partial charge in [-0.15, -0.1) is 0 Å². The highest BCUT2D eigenvalue weighted by atomic mass is 32.3. The van der Waals surface area contributed by atoms with E-state index < -0.39 is 20.8 Å². The Hall–Kier alpha value is 0.210. The molecule has 0 bridgehead atoms. The number of rotatable bonds is 1. The molecule has 0 radical (unpaired) electrons. The van der Waals surface area contributed by atoms with E-state index in [1.165, 1.54) is 0 Å². The molecular formula is C7H16F2S. The fraction of sp³-hybridized carbons (Fsp3) is 1.00. The first-order chi connectivity index (χ1) is 4.19. The smallest absolute Gasteiger partial charge is 0.0645 e. The van der Waals surface area contributed by atoms with Gasteiger partial charge in [0.2, 0.25) is 0 Å². The summed E-state index contributed by atoms with van der Waals surface area (Å²) in [6.45, 7) is 7.97. The molecule has 0 atom stereocenters. The maximum atomic E-state index is 13.1. The lowest BCUT2D eigenvalue weighted by Gasteiger charge is -2.37. The van der Waals surface area contributed by atoms with Gasteiger partial charge in [0.1, 0.15) is 0 Å². The van der Waals surface area contributed by atoms with E-state index in [1.54, 1.807) is 34.6 Å². The predicted octanol–water partition coefficient (Wildman–Crippen LogP) is 3.77. The highest BCUT2D eigenvalue weighted by Crippen LogP contribution is 2.65. The summed E-state index contributed by atoms with van der Waals surface area (Å²) < 4.78 is 25.4. The largest absolute Gasteiger partial charge is 0.157 e. The van der Waals surface area contributed by atoms with E-state index >= 15 is 0 Å². The van der Waals surface area contributed by atoms with Crippen LogP contribution in [0.4, 0.5) is 7.77 Å². The molecule has 0 unspecified atom stereocenters. The second-order valence-corrected chi connectivity index (χ2v) is 6.85. The van der Waals surface area contributed by atoms with Crippen molar-refractivity contribution >= 4 is 10.8 Å². The topological polar surface area (TPSA) is 0 Å². The van der Waals surface area contributed by atoms with Crippen LogP contribution in [0.3, 0.4) is 0 Å². The molecule has 0 rings (SSSR count). The first kappa shape index (κ1) is 10.2. The molecule has 0 nitrogen and oxygen atoms in total. The van der Waals surface area contributed by atoms with Gasteiger partial charge in [-0.25, -0.2) is 0 Å². The molecular weight excluding hydrogens is 154 g/mol. The van der Waals surface area contributed by atoms with Crippen molar-refractivity contribution in [1.82, 2.24) is 0 Å². The maximum absolute atomic E-state index is 13.1. The standard InChI is InChI=1S/C7H16F2S/c1-6(2)10(8,9)7(3,4)5/h6H,1-5H3. The summed E-state index contributed by atoms with van der Waals surface area (Å²) in [5.74, 6) is 0. The van der Waals surface area contributed by atoms with E-state index in [-0.39, 0.29) is 0 Å². The number of halogens is 2. The zero-order valence-electron chi connectivity index (χ0n) is 7.24. The van der Waals surface area contributed by atoms with Gasteiger partial charge in [-0.2, -0.15) is 7.77 Å². The van der Waals surface area contributed by atoms with Crippen molar-refractivity contribution in [3.8, 4) is 0 Å². The molecule has 0 spiro atoms. The van der Waals surface area contributed by atoms with E-state index in [0.29, 0.717) is 0 Å². The molecule has 64 valence electrons. The first-order valence-corrected chi connectivity index (χ1v) is 4.90. The molecule has 0 fully saturated rings. The summed E-state index contributed by atoms with van der Waals surface area (Å²) in [7, 11) is -3.41. The Morgan fingerprint density at radius 3 is 1.40 bits per heavy atom. The number of hydrogen-bond acceptors (Lipinski definition) is 0. The highest BCUT2D eigenvalue weighted by molar-refractivity contribution is 8.26. The van der Waals surface area contributed by atoms with Gasteiger partial charge in [0.25, 0.3) is 0 Å². The van der Waals surface area contributed by atoms with Gasteiger partial charge < -0.3 is 0 Å². The van der Waals surface area contributed by atoms with Crippen LogP contribution >= 0.6 is 10.8 Å². The summed E-state index contributed by atoms with van der Waals surface area (Å²) in [4.78, 5) is 0. The van der Waals surface area contributed by atoms with Gasteiger partial charge in [0.05, 0.1) is 10.8 Å². The average molecular weight is 170 g/mol. The Bertz CT molecular complexity index is 113. The Labute approximate surface area is 63.9 Å². The normalized spacial score (nSPS) is 16.0. The minimum Gasteiger partial charge on any atom is -0.157 e. The summed E-state index contributed by atoms with van der Waals surface area (Å²) in [6.07, 6.45) is 0. The fourth-order valence-corrected chi connectivity index (χ4v) is 2.12. The summed E-state index contributed by atoms with van der Waals surface area (Å²) in [5.41, 5.74) is 0. The molecule has 0 aromatic carbocycles. The second kappa shape index (κ2) is 2.68. The molecule has 0 saturated heterocycles. The highest BCUT2D eigenvalue weighted by Gasteiger charge is 2.40. The van der Waals surface area contributed by atoms with Crippen LogP contribution in [-0.2, 0) is 0 Å². The zero-order valence-corrected chi connectivity index (χ0v) is 8.06. The maximum Gasteiger partial charge on any atom is 0.0645 e. The Morgan fingerprint density at radius 2 is 1.40 bits per heavy atom. The van der Waals surface area contributed by atoms with Gasteiger partial charge >= 0.3 is 0 Å². The van der Waals surface area contributed by atoms with E-state index in [0.717, 1.165) is 0 Å². The average Bonchev–Trinajstić information content (AvgIpc) is 1.62. The minimum atomic E-state index is -3.41. The molecule has 3 heteroatoms. The molecule has 0 N–H and O–H groups in total. The molecule has 0 aromatic rings. The van der Waals surface area contributed by atoms with Crippen molar-refractivity contribution < 1.29 is 7.77 Å². The van der Waals surface area contributed by atoms with Gasteiger partial charge in [-0.1, -0.05) is 13.8 Å². The van der Waals surface area contributed by atoms with Crippen LogP contribution in [0.5, 0.6) is 0 Å². The van der Waals surface area contributed by atoms with Crippen LogP contribution < -0.4 is 0 Å². The van der Waals surface area contributed by atoms with Crippen molar-refractivity contribution in [1.29, 1.82) is 0 Å². The third-order valence-corrected chi connectivity index (χ3v) is 4.23. The van der Waals surface area contributed by atoms with Crippen molar-refractivity contribution in [2.24, 2.45) is 0 Å². The van der Waals surface area contributed by atoms with Crippen LogP contribution in [0, 0.1) is 0 Å². The zero-order chi connectivity index (χ0) is 8.58. The van der Waals surface area contributed by atoms with E-state index in [1.807, 2.05) is 0 Å². The predicted molar refractivity (Wildman–Crippen MR) is 44.7 cm³/mol. The third kappa shape index (κ3) is 1.84. The molecule has 0 aromatic heterocycles. The van der Waals surface area contributed by atoms with E-state index in [2.05, 4.69) is 0 Å². The van der Waals surface area contributed by atoms with Crippen molar-refractivity contribution in [3.05, 3.63) is 0 Å². The molecule has 0 heterocycles. The van der Waals surface area contributed by atoms with Gasteiger partial charge in [-0.3, -0.25) is 0 Å². The Kier molecular flexibility index (Phi) is 2.74. The molecule has 0 amide bonds. The monoisotopic (exact) mass is 170 g/mol. The molecule has 0 aliphatic heterocycles. The van der Waals surface area contributed by atoms with Gasteiger partial charge in [-0.05, 0) is 20.8 Å². The number of hydrogen-bond donors (Lipinski definition) is 0. The van der Waals surface area contributed by atoms with Crippen LogP contribution in [0.1, 0.15) is 34.6 Å². The van der Waals surface area contributed by atoms with Crippen LogP contribution in [0.25, 0.3) is 0 Å². The van der Waals surface area contributed by atoms with Gasteiger partial charge in [0.15, 0.2) is 0 Å². The quantitative estimate of drug-likeness (QED) is 0.562. The van der Waals surface area contributed by atoms with Gasteiger partial charge in [0, 0.05) is 10.00 Å². The minimum absolute atomic E-state index is 0.493. The lowest BCUT2D eigenvalue weighted by atomic mass is 10.3. The van der Waals surface area contributed by atoms with E-state index in [4.69, 9.17) is 0 Å². The molecule has 0 aliphatic rings. The Balaban J connectivity index is 4.40. The van der Waals surface area contributed by atoms with Crippen molar-refractivity contribution in [3.63, 3.8) is 0 Å². The summed E-state index contributed by atoms with van der Waals surface area (Å²) >= 11 is 0. The van der Waals surface area contributed by atoms with Crippen LogP contribution in [-0.4, -0.2) is 10.00 Å². The van der Waals surface area contributed by atoms with E-state index in [9.17, 15) is 7.77 Å². The van der Waals surface area contributed by atoms with Crippen molar-refractivity contribution in [2.75, 3.05) is 0 Å². The fourth-order valence-electron chi connectivity index (χ4n) is 0.707. The molecule has 0 aliphatic carbocycles. The molecule has 0 saturated carbocycles. The van der Waals surface area contributed by atoms with Crippen LogP contribution in [0.15, 0.2) is 0 Å². The van der Waals surface area contributed by atoms with Crippen molar-refractivity contribution in [2.45, 2.75) is 44.6 Å². The summed E-state index contributed by atoms with van der Waals surface area (Å²) in [6, 6.07) is 0.